The number of piperidine rings is 1. The van der Waals surface area contributed by atoms with Crippen molar-refractivity contribution in [2.24, 2.45) is 0 Å². The van der Waals surface area contributed by atoms with Crippen LogP contribution in [0, 0.1) is 4.77 Å². The number of H-pyrrole nitrogens is 1. The molecule has 2 heterocycles. The van der Waals surface area contributed by atoms with Crippen LogP contribution in [0.25, 0.3) is 10.9 Å². The number of hydrogen-bond acceptors (Lipinski definition) is 3. The number of nitrogens with one attached hydrogen (secondary N) is 1. The SMILES string of the molecule is CC[C@@H]1CCCCN1C(=O)c1ccc2c(=O)n(CC)c(=S)[nH]c2c1. The highest BCUT2D eigenvalue weighted by molar-refractivity contribution is 7.71. The van der Waals surface area contributed by atoms with E-state index in [-0.39, 0.29) is 11.5 Å². The number of aromatic nitrogens is 2. The van der Waals surface area contributed by atoms with Crippen LogP contribution in [0.2, 0.25) is 0 Å². The molecule has 128 valence electrons. The number of nitrogens with zero attached hydrogens (tertiary/aromatic N) is 2. The minimum absolute atomic E-state index is 0.0439. The monoisotopic (exact) mass is 345 g/mol. The predicted octanol–water partition coefficient (Wildman–Crippen LogP) is 3.48. The Labute approximate surface area is 146 Å². The Balaban J connectivity index is 2.03. The van der Waals surface area contributed by atoms with Crippen LogP contribution in [0.4, 0.5) is 0 Å². The molecule has 1 aromatic heterocycles. The van der Waals surface area contributed by atoms with Crippen molar-refractivity contribution in [1.29, 1.82) is 0 Å². The van der Waals surface area contributed by atoms with Gasteiger partial charge in [0.15, 0.2) is 4.77 Å². The van der Waals surface area contributed by atoms with Crippen LogP contribution in [0.5, 0.6) is 0 Å². The molecule has 0 saturated carbocycles. The maximum atomic E-state index is 12.9. The van der Waals surface area contributed by atoms with E-state index >= 15 is 0 Å². The number of hydrogen-bond donors (Lipinski definition) is 1. The van der Waals surface area contributed by atoms with Gasteiger partial charge in [-0.3, -0.25) is 14.2 Å². The molecule has 5 nitrogen and oxygen atoms in total. The summed E-state index contributed by atoms with van der Waals surface area (Å²) < 4.78 is 1.92. The smallest absolute Gasteiger partial charge is 0.262 e. The summed E-state index contributed by atoms with van der Waals surface area (Å²) in [5.74, 6) is 0.0439. The van der Waals surface area contributed by atoms with Crippen molar-refractivity contribution in [3.63, 3.8) is 0 Å². The number of rotatable bonds is 3. The molecule has 1 fully saturated rings. The van der Waals surface area contributed by atoms with Crippen molar-refractivity contribution >= 4 is 29.0 Å². The number of benzene rings is 1. The minimum atomic E-state index is -0.111. The summed E-state index contributed by atoms with van der Waals surface area (Å²) in [6.45, 7) is 5.34. The number of aromatic amines is 1. The van der Waals surface area contributed by atoms with Crippen molar-refractivity contribution in [1.82, 2.24) is 14.5 Å². The lowest BCUT2D eigenvalue weighted by Gasteiger charge is -2.35. The van der Waals surface area contributed by atoms with Gasteiger partial charge in [0.2, 0.25) is 0 Å². The van der Waals surface area contributed by atoms with Gasteiger partial charge < -0.3 is 9.88 Å². The van der Waals surface area contributed by atoms with E-state index in [1.165, 1.54) is 11.0 Å². The van der Waals surface area contributed by atoms with Gasteiger partial charge in [-0.15, -0.1) is 0 Å². The van der Waals surface area contributed by atoms with E-state index in [4.69, 9.17) is 12.2 Å². The molecule has 6 heteroatoms. The van der Waals surface area contributed by atoms with Crippen molar-refractivity contribution in [3.05, 3.63) is 38.9 Å². The average Bonchev–Trinajstić information content (AvgIpc) is 2.61. The lowest BCUT2D eigenvalue weighted by Crippen LogP contribution is -2.43. The fourth-order valence-electron chi connectivity index (χ4n) is 3.53. The van der Waals surface area contributed by atoms with Gasteiger partial charge in [0.05, 0.1) is 10.9 Å². The van der Waals surface area contributed by atoms with Crippen molar-refractivity contribution in [2.75, 3.05) is 6.54 Å². The number of carbonyl (C=O) groups is 1. The van der Waals surface area contributed by atoms with E-state index in [0.29, 0.717) is 33.8 Å². The third-order valence-corrected chi connectivity index (χ3v) is 5.23. The van der Waals surface area contributed by atoms with Gasteiger partial charge in [0, 0.05) is 24.7 Å². The van der Waals surface area contributed by atoms with Gasteiger partial charge in [-0.05, 0) is 63.0 Å². The van der Waals surface area contributed by atoms with Crippen molar-refractivity contribution < 1.29 is 4.79 Å². The van der Waals surface area contributed by atoms with Gasteiger partial charge in [-0.25, -0.2) is 0 Å². The van der Waals surface area contributed by atoms with Gasteiger partial charge in [-0.2, -0.15) is 0 Å². The van der Waals surface area contributed by atoms with Crippen LogP contribution in [-0.4, -0.2) is 32.9 Å². The molecule has 0 aliphatic carbocycles. The minimum Gasteiger partial charge on any atom is -0.336 e. The number of carbonyl (C=O) groups excluding carboxylic acids is 1. The Morgan fingerprint density at radius 2 is 2.12 bits per heavy atom. The molecule has 1 aliphatic rings. The van der Waals surface area contributed by atoms with E-state index < -0.39 is 0 Å². The van der Waals surface area contributed by atoms with Gasteiger partial charge in [0.25, 0.3) is 11.5 Å². The fraction of sp³-hybridized carbons (Fsp3) is 0.500. The molecule has 0 unspecified atom stereocenters. The molecule has 0 bridgehead atoms. The standard InChI is InChI=1S/C18H23N3O2S/c1-3-13-7-5-6-10-21(13)16(22)12-8-9-14-15(11-12)19-18(24)20(4-2)17(14)23/h8-9,11,13H,3-7,10H2,1-2H3,(H,19,24)/t13-/m1/s1. The largest absolute Gasteiger partial charge is 0.336 e. The fourth-order valence-corrected chi connectivity index (χ4v) is 3.85. The summed E-state index contributed by atoms with van der Waals surface area (Å²) in [6, 6.07) is 5.56. The Kier molecular flexibility index (Phi) is 4.85. The third kappa shape index (κ3) is 2.90. The zero-order valence-electron chi connectivity index (χ0n) is 14.2. The molecule has 1 aliphatic heterocycles. The molecule has 1 atom stereocenters. The molecule has 2 aromatic rings. The Morgan fingerprint density at radius 1 is 1.33 bits per heavy atom. The van der Waals surface area contributed by atoms with E-state index in [1.54, 1.807) is 18.2 Å². The Bertz CT molecular complexity index is 884. The lowest BCUT2D eigenvalue weighted by atomic mass is 9.98. The molecule has 1 N–H and O–H groups in total. The van der Waals surface area contributed by atoms with Gasteiger partial charge >= 0.3 is 0 Å². The van der Waals surface area contributed by atoms with E-state index in [0.717, 1.165) is 25.8 Å². The molecular weight excluding hydrogens is 322 g/mol. The quantitative estimate of drug-likeness (QED) is 0.867. The van der Waals surface area contributed by atoms with Crippen LogP contribution in [0.15, 0.2) is 23.0 Å². The summed E-state index contributed by atoms with van der Waals surface area (Å²) in [7, 11) is 0. The van der Waals surface area contributed by atoms with Crippen molar-refractivity contribution in [3.8, 4) is 0 Å². The molecule has 1 saturated heterocycles. The van der Waals surface area contributed by atoms with Gasteiger partial charge in [-0.1, -0.05) is 6.92 Å². The third-order valence-electron chi connectivity index (χ3n) is 4.90. The topological polar surface area (TPSA) is 58.1 Å². The van der Waals surface area contributed by atoms with Crippen LogP contribution in [0.3, 0.4) is 0 Å². The molecule has 0 radical (unpaired) electrons. The first-order valence-electron chi connectivity index (χ1n) is 8.64. The molecule has 0 spiro atoms. The van der Waals surface area contributed by atoms with E-state index in [9.17, 15) is 9.59 Å². The van der Waals surface area contributed by atoms with Gasteiger partial charge in [0.1, 0.15) is 0 Å². The molecular formula is C18H23N3O2S. The van der Waals surface area contributed by atoms with E-state index in [2.05, 4.69) is 11.9 Å². The second kappa shape index (κ2) is 6.89. The van der Waals surface area contributed by atoms with Crippen LogP contribution >= 0.6 is 12.2 Å². The molecule has 1 amide bonds. The summed E-state index contributed by atoms with van der Waals surface area (Å²) in [5, 5.41) is 0.563. The molecule has 24 heavy (non-hydrogen) atoms. The highest BCUT2D eigenvalue weighted by Gasteiger charge is 2.26. The maximum Gasteiger partial charge on any atom is 0.262 e. The van der Waals surface area contributed by atoms with Crippen LogP contribution < -0.4 is 5.56 Å². The summed E-state index contributed by atoms with van der Waals surface area (Å²) in [5.41, 5.74) is 1.13. The zero-order valence-corrected chi connectivity index (χ0v) is 15.0. The normalized spacial score (nSPS) is 18.1. The molecule has 1 aromatic carbocycles. The highest BCUT2D eigenvalue weighted by Crippen LogP contribution is 2.22. The van der Waals surface area contributed by atoms with E-state index in [1.807, 2.05) is 11.8 Å². The summed E-state index contributed by atoms with van der Waals surface area (Å²) in [6.07, 6.45) is 4.28. The number of amides is 1. The average molecular weight is 345 g/mol. The number of likely N-dealkylation sites (tertiary alicyclic amines) is 1. The Morgan fingerprint density at radius 3 is 2.83 bits per heavy atom. The maximum absolute atomic E-state index is 12.9. The van der Waals surface area contributed by atoms with Crippen molar-refractivity contribution in [2.45, 2.75) is 52.1 Å². The first-order chi connectivity index (χ1) is 11.6. The second-order valence-electron chi connectivity index (χ2n) is 6.30. The summed E-state index contributed by atoms with van der Waals surface area (Å²) in [4.78, 5) is 30.4. The lowest BCUT2D eigenvalue weighted by molar-refractivity contribution is 0.0608. The number of fused-ring (bicyclic) bond motifs is 1. The zero-order chi connectivity index (χ0) is 17.3. The Hall–Kier alpha value is -1.95. The second-order valence-corrected chi connectivity index (χ2v) is 6.68. The first kappa shape index (κ1) is 16.9. The predicted molar refractivity (Wildman–Crippen MR) is 98.0 cm³/mol. The van der Waals surface area contributed by atoms with Crippen LogP contribution in [-0.2, 0) is 6.54 Å². The summed E-state index contributed by atoms with van der Waals surface area (Å²) >= 11 is 5.25. The molecule has 3 rings (SSSR count). The van der Waals surface area contributed by atoms with Crippen LogP contribution in [0.1, 0.15) is 49.9 Å². The first-order valence-corrected chi connectivity index (χ1v) is 9.05. The highest BCUT2D eigenvalue weighted by atomic mass is 32.1.